The molecule has 372 valence electrons. The van der Waals surface area contributed by atoms with E-state index in [1.807, 2.05) is 60.7 Å². The zero-order valence-corrected chi connectivity index (χ0v) is 41.7. The summed E-state index contributed by atoms with van der Waals surface area (Å²) in [5.41, 5.74) is 11.2. The fourth-order valence-corrected chi connectivity index (χ4v) is 10.0. The van der Waals surface area contributed by atoms with Gasteiger partial charge in [-0.05, 0) is 61.5 Å². The summed E-state index contributed by atoms with van der Waals surface area (Å²) < 4.78 is 16.2. The fourth-order valence-electron chi connectivity index (χ4n) is 7.84. The quantitative estimate of drug-likeness (QED) is 0.0152. The standard InChI is InChI=1S/C26H24N4O4S.C23H24N4O3S.C3H3ClO2/c1-17(31)24-29-22(30-34-24)19-8-5-9-20(14-19)23(32)27-16-26(10-12-33-13-11-26)25-28-21(15-35-25)18-6-3-2-4-7-18;24-20(27-29)17-7-4-8-18(13-17)21(28)25-15-23(9-11-30-12-10-23)22-26-19(14-31-22)16-5-2-1-3-6-16;1-2(5)3(4)6/h2-9,14-15H,10-13,16H2,1H3,(H,27,32);1-8,13-14,29H,9-12,15H2,(H2,24,27)(H,25,28);1H3. The van der Waals surface area contributed by atoms with Gasteiger partial charge in [0.2, 0.25) is 17.4 Å². The number of nitrogens with one attached hydrogen (secondary N) is 2. The van der Waals surface area contributed by atoms with Gasteiger partial charge in [0, 0.05) is 108 Å². The van der Waals surface area contributed by atoms with E-state index < -0.39 is 11.0 Å². The van der Waals surface area contributed by atoms with E-state index in [2.05, 4.69) is 48.3 Å². The SMILES string of the molecule is CC(=O)C(=O)Cl.CC(=O)c1nc(-c2cccc(C(=O)NCC3(c4nc(-c5ccccc5)cs4)CCOCC3)c2)no1.N/C(=N\O)c1cccc(C(=O)NCC2(c3nc(-c4ccccc4)cs3)CCOCC2)c1. The van der Waals surface area contributed by atoms with Crippen molar-refractivity contribution in [1.82, 2.24) is 30.7 Å². The van der Waals surface area contributed by atoms with Crippen molar-refractivity contribution in [2.24, 2.45) is 10.9 Å². The maximum atomic E-state index is 13.1. The summed E-state index contributed by atoms with van der Waals surface area (Å²) in [4.78, 5) is 70.6. The van der Waals surface area contributed by atoms with Crippen molar-refractivity contribution >= 4 is 68.7 Å². The van der Waals surface area contributed by atoms with E-state index in [0.717, 1.165) is 65.1 Å². The Bertz CT molecular complexity index is 3010. The number of ether oxygens (including phenoxy) is 2. The number of carbonyl (C=O) groups excluding carboxylic acids is 5. The Hall–Kier alpha value is -7.29. The zero-order valence-electron chi connectivity index (χ0n) is 39.3. The molecular formula is C52H51ClN8O9S2. The van der Waals surface area contributed by atoms with Gasteiger partial charge in [-0.15, -0.1) is 22.7 Å². The lowest BCUT2D eigenvalue weighted by Crippen LogP contribution is -2.44. The molecule has 2 saturated heterocycles. The number of benzene rings is 4. The first kappa shape index (κ1) is 52.5. The monoisotopic (exact) mass is 1030 g/mol. The summed E-state index contributed by atoms with van der Waals surface area (Å²) in [6.45, 7) is 5.92. The van der Waals surface area contributed by atoms with E-state index in [9.17, 15) is 24.0 Å². The van der Waals surface area contributed by atoms with Crippen molar-refractivity contribution in [1.29, 1.82) is 0 Å². The lowest BCUT2D eigenvalue weighted by atomic mass is 9.80. The second-order valence-electron chi connectivity index (χ2n) is 16.9. The molecule has 0 bridgehead atoms. The van der Waals surface area contributed by atoms with E-state index in [4.69, 9.17) is 34.9 Å². The maximum absolute atomic E-state index is 13.1. The molecule has 72 heavy (non-hydrogen) atoms. The Kier molecular flexibility index (Phi) is 18.0. The highest BCUT2D eigenvalue weighted by molar-refractivity contribution is 7.10. The second kappa shape index (κ2) is 24.7. The highest BCUT2D eigenvalue weighted by atomic mass is 35.5. The van der Waals surface area contributed by atoms with E-state index in [-0.39, 0.29) is 46.0 Å². The van der Waals surface area contributed by atoms with Gasteiger partial charge in [0.1, 0.15) is 10.0 Å². The van der Waals surface area contributed by atoms with E-state index in [0.29, 0.717) is 61.8 Å². The Morgan fingerprint density at radius 3 is 1.54 bits per heavy atom. The zero-order chi connectivity index (χ0) is 51.1. The number of nitrogens with two attached hydrogens (primary N) is 1. The topological polar surface area (TPSA) is 251 Å². The number of aromatic nitrogens is 4. The highest BCUT2D eigenvalue weighted by Gasteiger charge is 2.39. The maximum Gasteiger partial charge on any atom is 0.294 e. The predicted octanol–water partition coefficient (Wildman–Crippen LogP) is 8.26. The van der Waals surface area contributed by atoms with Crippen LogP contribution in [0.3, 0.4) is 0 Å². The van der Waals surface area contributed by atoms with Gasteiger partial charge in [-0.2, -0.15) is 4.98 Å². The lowest BCUT2D eigenvalue weighted by molar-refractivity contribution is -0.130. The van der Waals surface area contributed by atoms with E-state index >= 15 is 0 Å². The molecule has 4 aromatic carbocycles. The summed E-state index contributed by atoms with van der Waals surface area (Å²) in [5.74, 6) is -1.16. The third kappa shape index (κ3) is 13.4. The van der Waals surface area contributed by atoms with Gasteiger partial charge < -0.3 is 35.6 Å². The van der Waals surface area contributed by atoms with Crippen molar-refractivity contribution in [3.05, 3.63) is 153 Å². The van der Waals surface area contributed by atoms with Gasteiger partial charge in [-0.1, -0.05) is 95.2 Å². The highest BCUT2D eigenvalue weighted by Crippen LogP contribution is 2.39. The van der Waals surface area contributed by atoms with Crippen molar-refractivity contribution in [3.8, 4) is 33.9 Å². The van der Waals surface area contributed by atoms with Crippen molar-refractivity contribution in [3.63, 3.8) is 0 Å². The number of ketones is 2. The average molecular weight is 1030 g/mol. The molecular weight excluding hydrogens is 980 g/mol. The molecule has 0 atom stereocenters. The Labute approximate surface area is 427 Å². The van der Waals surface area contributed by atoms with Crippen LogP contribution in [0.4, 0.5) is 0 Å². The summed E-state index contributed by atoms with van der Waals surface area (Å²) in [6, 6.07) is 33.8. The van der Waals surface area contributed by atoms with Crippen LogP contribution >= 0.6 is 34.3 Å². The minimum absolute atomic E-state index is 0.0354. The van der Waals surface area contributed by atoms with Crippen molar-refractivity contribution < 1.29 is 43.2 Å². The molecule has 2 amide bonds. The molecule has 0 saturated carbocycles. The van der Waals surface area contributed by atoms with Crippen molar-refractivity contribution in [2.75, 3.05) is 39.5 Å². The van der Waals surface area contributed by atoms with Crippen LogP contribution < -0.4 is 16.4 Å². The number of Topliss-reactive ketones (excluding diaryl/α,β-unsaturated/α-hetero) is 2. The minimum atomic E-state index is -0.907. The molecule has 0 aliphatic carbocycles. The molecule has 2 fully saturated rings. The van der Waals surface area contributed by atoms with Gasteiger partial charge in [0.05, 0.1) is 11.4 Å². The largest absolute Gasteiger partial charge is 0.409 e. The molecule has 3 aromatic heterocycles. The Morgan fingerprint density at radius 2 is 1.10 bits per heavy atom. The van der Waals surface area contributed by atoms with Crippen LogP contribution in [0.2, 0.25) is 0 Å². The third-order valence-corrected chi connectivity index (χ3v) is 14.5. The van der Waals surface area contributed by atoms with Gasteiger partial charge in [0.25, 0.3) is 22.9 Å². The number of halogens is 1. The Balaban J connectivity index is 0.000000191. The molecule has 17 nitrogen and oxygen atoms in total. The summed E-state index contributed by atoms with van der Waals surface area (Å²) in [6.07, 6.45) is 3.15. The number of hydrogen-bond acceptors (Lipinski definition) is 16. The molecule has 20 heteroatoms. The van der Waals surface area contributed by atoms with Crippen LogP contribution in [0.15, 0.2) is 130 Å². The van der Waals surface area contributed by atoms with Crippen LogP contribution in [-0.2, 0) is 29.9 Å². The predicted molar refractivity (Wildman–Crippen MR) is 273 cm³/mol. The van der Waals surface area contributed by atoms with E-state index in [1.165, 1.54) is 6.92 Å². The second-order valence-corrected chi connectivity index (χ2v) is 19.0. The first-order valence-electron chi connectivity index (χ1n) is 22.8. The van der Waals surface area contributed by atoms with Crippen LogP contribution in [0.25, 0.3) is 33.9 Å². The first-order valence-corrected chi connectivity index (χ1v) is 24.9. The van der Waals surface area contributed by atoms with E-state index in [1.54, 1.807) is 71.2 Å². The summed E-state index contributed by atoms with van der Waals surface area (Å²) in [7, 11) is 0. The molecule has 2 aliphatic heterocycles. The van der Waals surface area contributed by atoms with Gasteiger partial charge in [-0.3, -0.25) is 24.0 Å². The molecule has 0 unspecified atom stereocenters. The lowest BCUT2D eigenvalue weighted by Gasteiger charge is -2.35. The smallest absolute Gasteiger partial charge is 0.294 e. The molecule has 5 N–H and O–H groups in total. The van der Waals surface area contributed by atoms with Gasteiger partial charge >= 0.3 is 0 Å². The van der Waals surface area contributed by atoms with Crippen LogP contribution in [-0.4, -0.2) is 99.3 Å². The summed E-state index contributed by atoms with van der Waals surface area (Å²) in [5, 5.41) is 27.2. The normalized spacial score (nSPS) is 14.8. The fraction of sp³-hybridized carbons (Fsp3) is 0.269. The molecule has 7 aromatic rings. The Morgan fingerprint density at radius 1 is 0.653 bits per heavy atom. The number of amides is 2. The van der Waals surface area contributed by atoms with Crippen LogP contribution in [0, 0.1) is 0 Å². The van der Waals surface area contributed by atoms with Gasteiger partial charge in [-0.25, -0.2) is 9.97 Å². The van der Waals surface area contributed by atoms with Gasteiger partial charge in [0.15, 0.2) is 5.84 Å². The third-order valence-electron chi connectivity index (χ3n) is 12.0. The van der Waals surface area contributed by atoms with Crippen LogP contribution in [0.5, 0.6) is 0 Å². The molecule has 5 heterocycles. The average Bonchev–Trinajstić information content (AvgIpc) is 4.25. The van der Waals surface area contributed by atoms with Crippen LogP contribution in [0.1, 0.15) is 86.5 Å². The number of oxime groups is 1. The number of thiazole rings is 2. The number of amidine groups is 1. The van der Waals surface area contributed by atoms with Crippen molar-refractivity contribution in [2.45, 2.75) is 50.4 Å². The minimum Gasteiger partial charge on any atom is -0.409 e. The summed E-state index contributed by atoms with van der Waals surface area (Å²) >= 11 is 7.88. The number of carbonyl (C=O) groups is 5. The first-order chi connectivity index (χ1) is 34.8. The molecule has 0 spiro atoms. The number of nitrogens with zero attached hydrogens (tertiary/aromatic N) is 5. The number of hydrogen-bond donors (Lipinski definition) is 4. The molecule has 2 aliphatic rings. The molecule has 0 radical (unpaired) electrons. The molecule has 9 rings (SSSR count). The number of rotatable bonds is 14.